The molecule has 100 valence electrons. The van der Waals surface area contributed by atoms with Crippen LogP contribution in [-0.4, -0.2) is 23.5 Å². The Bertz CT molecular complexity index is 601. The lowest BCUT2D eigenvalue weighted by Crippen LogP contribution is -2.10. The van der Waals surface area contributed by atoms with Gasteiger partial charge < -0.3 is 15.0 Å². The number of esters is 1. The Hall–Kier alpha value is -2.08. The molecule has 0 aliphatic heterocycles. The monoisotopic (exact) mass is 278 g/mol. The van der Waals surface area contributed by atoms with Crippen LogP contribution in [0.25, 0.3) is 0 Å². The molecule has 0 aliphatic carbocycles. The lowest BCUT2D eigenvalue weighted by Gasteiger charge is -2.01. The summed E-state index contributed by atoms with van der Waals surface area (Å²) in [5.41, 5.74) is 1.80. The minimum Gasteiger partial charge on any atom is -0.461 e. The quantitative estimate of drug-likeness (QED) is 0.845. The number of hydrogen-bond acceptors (Lipinski definition) is 4. The molecule has 2 aromatic heterocycles. The van der Waals surface area contributed by atoms with Crippen molar-refractivity contribution < 1.29 is 14.3 Å². The molecule has 1 amide bonds. The van der Waals surface area contributed by atoms with Crippen LogP contribution < -0.4 is 5.32 Å². The number of H-pyrrole nitrogens is 1. The molecule has 2 heterocycles. The molecule has 0 saturated heterocycles. The number of carbonyl (C=O) groups is 2. The van der Waals surface area contributed by atoms with Gasteiger partial charge in [0.1, 0.15) is 5.69 Å². The second kappa shape index (κ2) is 5.71. The Balaban J connectivity index is 2.06. The van der Waals surface area contributed by atoms with E-state index in [4.69, 9.17) is 4.74 Å². The van der Waals surface area contributed by atoms with Gasteiger partial charge in [-0.2, -0.15) is 0 Å². The van der Waals surface area contributed by atoms with E-state index in [2.05, 4.69) is 10.3 Å². The largest absolute Gasteiger partial charge is 0.461 e. The summed E-state index contributed by atoms with van der Waals surface area (Å²) < 4.78 is 4.86. The van der Waals surface area contributed by atoms with Gasteiger partial charge in [-0.3, -0.25) is 4.79 Å². The van der Waals surface area contributed by atoms with Crippen molar-refractivity contribution in [3.8, 4) is 0 Å². The lowest BCUT2D eigenvalue weighted by atomic mass is 10.3. The molecule has 0 aromatic carbocycles. The number of amides is 1. The van der Waals surface area contributed by atoms with Crippen molar-refractivity contribution in [2.45, 2.75) is 13.8 Å². The number of aryl methyl sites for hydroxylation is 1. The van der Waals surface area contributed by atoms with Gasteiger partial charge in [-0.05, 0) is 36.9 Å². The summed E-state index contributed by atoms with van der Waals surface area (Å²) in [6, 6.07) is 3.44. The molecule has 0 fully saturated rings. The fraction of sp³-hybridized carbons (Fsp3) is 0.231. The van der Waals surface area contributed by atoms with E-state index < -0.39 is 5.97 Å². The van der Waals surface area contributed by atoms with Crippen molar-refractivity contribution in [1.29, 1.82) is 0 Å². The summed E-state index contributed by atoms with van der Waals surface area (Å²) in [5, 5.41) is 4.60. The molecule has 0 spiro atoms. The van der Waals surface area contributed by atoms with E-state index in [-0.39, 0.29) is 5.91 Å². The highest BCUT2D eigenvalue weighted by molar-refractivity contribution is 7.12. The van der Waals surface area contributed by atoms with Crippen LogP contribution in [0.15, 0.2) is 23.7 Å². The van der Waals surface area contributed by atoms with Crippen molar-refractivity contribution in [3.05, 3.63) is 39.8 Å². The molecule has 0 atom stereocenters. The first kappa shape index (κ1) is 13.4. The molecular formula is C13H14N2O3S. The average molecular weight is 278 g/mol. The van der Waals surface area contributed by atoms with Gasteiger partial charge in [-0.1, -0.05) is 0 Å². The molecule has 5 nitrogen and oxygen atoms in total. The zero-order valence-corrected chi connectivity index (χ0v) is 11.5. The molecule has 2 N–H and O–H groups in total. The number of aromatic nitrogens is 1. The summed E-state index contributed by atoms with van der Waals surface area (Å²) in [7, 11) is 0. The van der Waals surface area contributed by atoms with Crippen LogP contribution in [0, 0.1) is 6.92 Å². The maximum atomic E-state index is 12.0. The first-order valence-electron chi connectivity index (χ1n) is 5.82. The van der Waals surface area contributed by atoms with E-state index in [1.54, 1.807) is 19.2 Å². The number of nitrogens with one attached hydrogen (secondary N) is 2. The van der Waals surface area contributed by atoms with Crippen LogP contribution in [0.4, 0.5) is 5.69 Å². The third-order valence-corrected chi connectivity index (χ3v) is 3.52. The van der Waals surface area contributed by atoms with Gasteiger partial charge in [0.2, 0.25) is 0 Å². The molecule has 0 aliphatic rings. The van der Waals surface area contributed by atoms with E-state index in [1.807, 2.05) is 18.4 Å². The van der Waals surface area contributed by atoms with E-state index in [1.165, 1.54) is 11.3 Å². The molecule has 19 heavy (non-hydrogen) atoms. The predicted molar refractivity (Wildman–Crippen MR) is 73.8 cm³/mol. The Morgan fingerprint density at radius 1 is 1.47 bits per heavy atom. The van der Waals surface area contributed by atoms with Gasteiger partial charge in [0.25, 0.3) is 5.91 Å². The first-order chi connectivity index (χ1) is 9.11. The van der Waals surface area contributed by atoms with Crippen molar-refractivity contribution >= 4 is 28.9 Å². The minimum absolute atomic E-state index is 0.179. The van der Waals surface area contributed by atoms with Gasteiger partial charge in [0, 0.05) is 6.20 Å². The maximum absolute atomic E-state index is 12.0. The van der Waals surface area contributed by atoms with Crippen molar-refractivity contribution in [3.63, 3.8) is 0 Å². The molecule has 2 rings (SSSR count). The summed E-state index contributed by atoms with van der Waals surface area (Å²) in [4.78, 5) is 26.9. The van der Waals surface area contributed by atoms with Gasteiger partial charge in [-0.25, -0.2) is 4.79 Å². The zero-order valence-electron chi connectivity index (χ0n) is 10.6. The van der Waals surface area contributed by atoms with Crippen LogP contribution >= 0.6 is 11.3 Å². The highest BCUT2D eigenvalue weighted by Gasteiger charge is 2.13. The van der Waals surface area contributed by atoms with E-state index in [0.29, 0.717) is 22.9 Å². The molecule has 0 unspecified atom stereocenters. The average Bonchev–Trinajstić information content (AvgIpc) is 2.98. The lowest BCUT2D eigenvalue weighted by molar-refractivity contribution is 0.0520. The number of rotatable bonds is 4. The van der Waals surface area contributed by atoms with Crippen LogP contribution in [0.3, 0.4) is 0 Å². The summed E-state index contributed by atoms with van der Waals surface area (Å²) in [5.74, 6) is -0.614. The van der Waals surface area contributed by atoms with Gasteiger partial charge in [0.05, 0.1) is 17.2 Å². The normalized spacial score (nSPS) is 10.2. The number of anilines is 1. The highest BCUT2D eigenvalue weighted by atomic mass is 32.1. The Morgan fingerprint density at radius 2 is 2.26 bits per heavy atom. The van der Waals surface area contributed by atoms with Crippen LogP contribution in [-0.2, 0) is 4.74 Å². The molecule has 0 saturated carbocycles. The zero-order chi connectivity index (χ0) is 13.8. The molecule has 0 radical (unpaired) electrons. The van der Waals surface area contributed by atoms with E-state index in [0.717, 1.165) is 5.56 Å². The third kappa shape index (κ3) is 3.03. The molecule has 6 heteroatoms. The number of aromatic amines is 1. The van der Waals surface area contributed by atoms with Crippen LogP contribution in [0.1, 0.15) is 32.6 Å². The van der Waals surface area contributed by atoms with Gasteiger partial charge in [0.15, 0.2) is 0 Å². The molecular weight excluding hydrogens is 264 g/mol. The van der Waals surface area contributed by atoms with Crippen molar-refractivity contribution in [2.24, 2.45) is 0 Å². The maximum Gasteiger partial charge on any atom is 0.354 e. The molecule has 0 bridgehead atoms. The highest BCUT2D eigenvalue weighted by Crippen LogP contribution is 2.18. The van der Waals surface area contributed by atoms with Crippen molar-refractivity contribution in [2.75, 3.05) is 11.9 Å². The van der Waals surface area contributed by atoms with Crippen LogP contribution in [0.2, 0.25) is 0 Å². The second-order valence-electron chi connectivity index (χ2n) is 3.91. The number of thiophene rings is 1. The summed E-state index contributed by atoms with van der Waals surface area (Å²) >= 11 is 1.38. The SMILES string of the molecule is CCOC(=O)c1cc(NC(=O)c2sccc2C)c[nH]1. The minimum atomic E-state index is -0.435. The third-order valence-electron chi connectivity index (χ3n) is 2.50. The number of hydrogen-bond donors (Lipinski definition) is 2. The summed E-state index contributed by atoms with van der Waals surface area (Å²) in [6.45, 7) is 3.93. The van der Waals surface area contributed by atoms with Gasteiger partial charge >= 0.3 is 5.97 Å². The Morgan fingerprint density at radius 3 is 2.89 bits per heavy atom. The fourth-order valence-electron chi connectivity index (χ4n) is 1.59. The molecule has 2 aromatic rings. The standard InChI is InChI=1S/C13H14N2O3S/c1-3-18-13(17)10-6-9(7-14-10)15-12(16)11-8(2)4-5-19-11/h4-7,14H,3H2,1-2H3,(H,15,16). The Kier molecular flexibility index (Phi) is 4.01. The topological polar surface area (TPSA) is 71.2 Å². The number of carbonyl (C=O) groups excluding carboxylic acids is 2. The van der Waals surface area contributed by atoms with Crippen molar-refractivity contribution in [1.82, 2.24) is 4.98 Å². The smallest absolute Gasteiger partial charge is 0.354 e. The fourth-order valence-corrected chi connectivity index (χ4v) is 2.41. The van der Waals surface area contributed by atoms with Gasteiger partial charge in [-0.15, -0.1) is 11.3 Å². The number of ether oxygens (including phenoxy) is 1. The first-order valence-corrected chi connectivity index (χ1v) is 6.70. The Labute approximate surface area is 114 Å². The van der Waals surface area contributed by atoms with Crippen LogP contribution in [0.5, 0.6) is 0 Å². The van der Waals surface area contributed by atoms with E-state index >= 15 is 0 Å². The predicted octanol–water partition coefficient (Wildman–Crippen LogP) is 2.81. The van der Waals surface area contributed by atoms with E-state index in [9.17, 15) is 9.59 Å². The summed E-state index contributed by atoms with van der Waals surface area (Å²) in [6.07, 6.45) is 1.56. The second-order valence-corrected chi connectivity index (χ2v) is 4.83.